The Morgan fingerprint density at radius 3 is 3.00 bits per heavy atom. The monoisotopic (exact) mass is 305 g/mol. The number of hydrogen-bond acceptors (Lipinski definition) is 5. The van der Waals surface area contributed by atoms with E-state index in [0.717, 1.165) is 25.2 Å². The van der Waals surface area contributed by atoms with Crippen molar-refractivity contribution in [2.75, 3.05) is 18.1 Å². The zero-order chi connectivity index (χ0) is 15.4. The van der Waals surface area contributed by atoms with Crippen molar-refractivity contribution >= 4 is 5.82 Å². The largest absolute Gasteiger partial charge is 0.467 e. The van der Waals surface area contributed by atoms with Crippen molar-refractivity contribution in [3.63, 3.8) is 0 Å². The molecule has 1 saturated heterocycles. The predicted molar refractivity (Wildman–Crippen MR) is 80.1 cm³/mol. The van der Waals surface area contributed by atoms with E-state index in [0.29, 0.717) is 31.0 Å². The quantitative estimate of drug-likeness (QED) is 0.821. The Bertz CT molecular complexity index is 597. The zero-order valence-electron chi connectivity index (χ0n) is 12.7. The number of halogens is 1. The lowest BCUT2D eigenvalue weighted by molar-refractivity contribution is 0.114. The Morgan fingerprint density at radius 2 is 2.32 bits per heavy atom. The number of ether oxygens (including phenoxy) is 1. The Hall–Kier alpha value is -1.95. The topological polar surface area (TPSA) is 51.4 Å². The van der Waals surface area contributed by atoms with Gasteiger partial charge in [0.05, 0.1) is 24.6 Å². The van der Waals surface area contributed by atoms with Crippen molar-refractivity contribution in [2.24, 2.45) is 0 Å². The van der Waals surface area contributed by atoms with Crippen LogP contribution in [-0.4, -0.2) is 29.2 Å². The van der Waals surface area contributed by atoms with E-state index in [1.165, 1.54) is 6.33 Å². The van der Waals surface area contributed by atoms with Gasteiger partial charge in [0.2, 0.25) is 0 Å². The van der Waals surface area contributed by atoms with Crippen LogP contribution >= 0.6 is 0 Å². The smallest absolute Gasteiger partial charge is 0.187 e. The fourth-order valence-corrected chi connectivity index (χ4v) is 2.71. The van der Waals surface area contributed by atoms with Gasteiger partial charge in [-0.15, -0.1) is 0 Å². The number of rotatable bonds is 6. The molecule has 1 aliphatic heterocycles. The van der Waals surface area contributed by atoms with Crippen molar-refractivity contribution in [3.8, 4) is 0 Å². The van der Waals surface area contributed by atoms with Gasteiger partial charge in [0.1, 0.15) is 12.1 Å². The van der Waals surface area contributed by atoms with Crippen LogP contribution in [-0.2, 0) is 17.7 Å². The third kappa shape index (κ3) is 3.27. The van der Waals surface area contributed by atoms with Gasteiger partial charge in [-0.05, 0) is 31.4 Å². The highest BCUT2D eigenvalue weighted by Crippen LogP contribution is 2.23. The molecule has 1 atom stereocenters. The maximum Gasteiger partial charge on any atom is 0.187 e. The van der Waals surface area contributed by atoms with E-state index < -0.39 is 0 Å². The summed E-state index contributed by atoms with van der Waals surface area (Å²) in [7, 11) is 0. The van der Waals surface area contributed by atoms with Gasteiger partial charge in [-0.1, -0.05) is 6.92 Å². The van der Waals surface area contributed by atoms with Crippen molar-refractivity contribution in [2.45, 2.75) is 38.8 Å². The van der Waals surface area contributed by atoms with E-state index in [4.69, 9.17) is 9.15 Å². The Kier molecular flexibility index (Phi) is 4.68. The number of hydrogen-bond donors (Lipinski definition) is 0. The van der Waals surface area contributed by atoms with Crippen molar-refractivity contribution < 1.29 is 13.5 Å². The third-order valence-corrected chi connectivity index (χ3v) is 3.85. The van der Waals surface area contributed by atoms with Gasteiger partial charge in [-0.3, -0.25) is 0 Å². The van der Waals surface area contributed by atoms with E-state index in [9.17, 15) is 4.39 Å². The van der Waals surface area contributed by atoms with E-state index in [-0.39, 0.29) is 11.9 Å². The molecule has 1 fully saturated rings. The van der Waals surface area contributed by atoms with Gasteiger partial charge in [-0.2, -0.15) is 0 Å². The first kappa shape index (κ1) is 15.0. The molecule has 3 rings (SSSR count). The highest BCUT2D eigenvalue weighted by molar-refractivity contribution is 5.41. The molecule has 0 spiro atoms. The first-order chi connectivity index (χ1) is 10.8. The summed E-state index contributed by atoms with van der Waals surface area (Å²) < 4.78 is 25.7. The number of aryl methyl sites for hydroxylation is 1. The summed E-state index contributed by atoms with van der Waals surface area (Å²) >= 11 is 0. The number of nitrogens with zero attached hydrogens (tertiary/aromatic N) is 3. The minimum atomic E-state index is -0.352. The fourth-order valence-electron chi connectivity index (χ4n) is 2.71. The predicted octanol–water partition coefficient (Wildman–Crippen LogP) is 2.96. The van der Waals surface area contributed by atoms with Gasteiger partial charge in [-0.25, -0.2) is 14.4 Å². The van der Waals surface area contributed by atoms with Gasteiger partial charge in [0, 0.05) is 13.2 Å². The van der Waals surface area contributed by atoms with E-state index >= 15 is 0 Å². The summed E-state index contributed by atoms with van der Waals surface area (Å²) in [5, 5.41) is 0. The molecule has 3 heterocycles. The SMILES string of the molecule is CCc1ncnc(N(Cc2ccco2)CC2CCCO2)c1F. The highest BCUT2D eigenvalue weighted by Gasteiger charge is 2.24. The average Bonchev–Trinajstić information content (AvgIpc) is 3.20. The number of furan rings is 1. The summed E-state index contributed by atoms with van der Waals surface area (Å²) in [6, 6.07) is 3.70. The number of anilines is 1. The van der Waals surface area contributed by atoms with Crippen molar-refractivity contribution in [1.82, 2.24) is 9.97 Å². The minimum Gasteiger partial charge on any atom is -0.467 e. The summed E-state index contributed by atoms with van der Waals surface area (Å²) in [6.45, 7) is 3.71. The van der Waals surface area contributed by atoms with E-state index in [2.05, 4.69) is 9.97 Å². The summed E-state index contributed by atoms with van der Waals surface area (Å²) in [4.78, 5) is 10.0. The normalized spacial score (nSPS) is 17.8. The molecule has 0 radical (unpaired) electrons. The highest BCUT2D eigenvalue weighted by atomic mass is 19.1. The van der Waals surface area contributed by atoms with Gasteiger partial charge in [0.25, 0.3) is 0 Å². The van der Waals surface area contributed by atoms with E-state index in [1.807, 2.05) is 24.0 Å². The molecule has 5 nitrogen and oxygen atoms in total. The lowest BCUT2D eigenvalue weighted by Gasteiger charge is -2.26. The molecule has 6 heteroatoms. The van der Waals surface area contributed by atoms with Crippen molar-refractivity contribution in [3.05, 3.63) is 42.0 Å². The van der Waals surface area contributed by atoms with Crippen LogP contribution in [0, 0.1) is 5.82 Å². The second-order valence-electron chi connectivity index (χ2n) is 5.41. The molecule has 0 aliphatic carbocycles. The molecule has 22 heavy (non-hydrogen) atoms. The Labute approximate surface area is 129 Å². The number of aromatic nitrogens is 2. The molecule has 0 aromatic carbocycles. The van der Waals surface area contributed by atoms with Gasteiger partial charge < -0.3 is 14.1 Å². The van der Waals surface area contributed by atoms with Crippen LogP contribution < -0.4 is 4.90 Å². The maximum absolute atomic E-state index is 14.6. The maximum atomic E-state index is 14.6. The Balaban J connectivity index is 1.86. The summed E-state index contributed by atoms with van der Waals surface area (Å²) in [5.41, 5.74) is 0.432. The molecular formula is C16H20FN3O2. The molecule has 0 saturated carbocycles. The molecule has 1 aliphatic rings. The van der Waals surface area contributed by atoms with Crippen LogP contribution in [0.25, 0.3) is 0 Å². The zero-order valence-corrected chi connectivity index (χ0v) is 12.7. The second-order valence-corrected chi connectivity index (χ2v) is 5.41. The minimum absolute atomic E-state index is 0.106. The molecule has 118 valence electrons. The van der Waals surface area contributed by atoms with Crippen molar-refractivity contribution in [1.29, 1.82) is 0 Å². The summed E-state index contributed by atoms with van der Waals surface area (Å²) in [6.07, 6.45) is 5.72. The van der Waals surface area contributed by atoms with Gasteiger partial charge >= 0.3 is 0 Å². The fraction of sp³-hybridized carbons (Fsp3) is 0.500. The average molecular weight is 305 g/mol. The molecule has 1 unspecified atom stereocenters. The standard InChI is InChI=1S/C16H20FN3O2/c1-2-14-15(17)16(19-11-18-14)20(9-12-5-3-7-21-12)10-13-6-4-8-22-13/h3,5,7,11,13H,2,4,6,8-10H2,1H3. The second kappa shape index (κ2) is 6.87. The molecule has 0 N–H and O–H groups in total. The van der Waals surface area contributed by atoms with Crippen LogP contribution in [0.4, 0.5) is 10.2 Å². The van der Waals surface area contributed by atoms with Crippen LogP contribution in [0.5, 0.6) is 0 Å². The molecular weight excluding hydrogens is 285 g/mol. The lowest BCUT2D eigenvalue weighted by atomic mass is 10.2. The molecule has 0 amide bonds. The van der Waals surface area contributed by atoms with Crippen LogP contribution in [0.1, 0.15) is 31.2 Å². The van der Waals surface area contributed by atoms with Crippen LogP contribution in [0.3, 0.4) is 0 Å². The third-order valence-electron chi connectivity index (χ3n) is 3.85. The van der Waals surface area contributed by atoms with Crippen LogP contribution in [0.2, 0.25) is 0 Å². The molecule has 0 bridgehead atoms. The molecule has 2 aromatic heterocycles. The first-order valence-electron chi connectivity index (χ1n) is 7.66. The summed E-state index contributed by atoms with van der Waals surface area (Å²) in [5.74, 6) is 0.738. The van der Waals surface area contributed by atoms with E-state index in [1.54, 1.807) is 6.26 Å². The lowest BCUT2D eigenvalue weighted by Crippen LogP contribution is -2.33. The van der Waals surface area contributed by atoms with Crippen LogP contribution in [0.15, 0.2) is 29.1 Å². The first-order valence-corrected chi connectivity index (χ1v) is 7.66. The van der Waals surface area contributed by atoms with Gasteiger partial charge in [0.15, 0.2) is 11.6 Å². The molecule has 2 aromatic rings. The Morgan fingerprint density at radius 1 is 1.41 bits per heavy atom.